The van der Waals surface area contributed by atoms with E-state index in [-0.39, 0.29) is 21.5 Å². The smallest absolute Gasteiger partial charge is 0.364 e. The van der Waals surface area contributed by atoms with E-state index in [9.17, 15) is 31.1 Å². The van der Waals surface area contributed by atoms with Crippen LogP contribution in [0.1, 0.15) is 35.9 Å². The molecule has 1 aromatic carbocycles. The van der Waals surface area contributed by atoms with Crippen molar-refractivity contribution in [3.8, 4) is 0 Å². The molecule has 1 aliphatic rings. The Bertz CT molecular complexity index is 1250. The zero-order valence-electron chi connectivity index (χ0n) is 16.9. The van der Waals surface area contributed by atoms with Crippen molar-refractivity contribution < 1.29 is 26.3 Å². The third kappa shape index (κ3) is 3.98. The molecule has 172 valence electrons. The molecule has 1 unspecified atom stereocenters. The van der Waals surface area contributed by atoms with Crippen molar-refractivity contribution in [3.63, 3.8) is 0 Å². The third-order valence-electron chi connectivity index (χ3n) is 5.47. The van der Waals surface area contributed by atoms with Gasteiger partial charge in [-0.05, 0) is 36.8 Å². The Morgan fingerprint density at radius 1 is 1.03 bits per heavy atom. The highest BCUT2D eigenvalue weighted by Crippen LogP contribution is 2.41. The van der Waals surface area contributed by atoms with Crippen LogP contribution in [0, 0.1) is 5.82 Å². The molecule has 5 nitrogen and oxygen atoms in total. The maximum Gasteiger partial charge on any atom is 0.433 e. The average molecular weight is 466 g/mol. The van der Waals surface area contributed by atoms with Crippen molar-refractivity contribution in [2.24, 2.45) is 4.99 Å². The lowest BCUT2D eigenvalue weighted by molar-refractivity contribution is -0.141. The van der Waals surface area contributed by atoms with Gasteiger partial charge in [-0.3, -0.25) is 14.3 Å². The number of amidine groups is 1. The molecular formula is C22H16F6N4O. The molecule has 1 N–H and O–H groups in total. The van der Waals surface area contributed by atoms with Crippen LogP contribution in [-0.4, -0.2) is 21.4 Å². The summed E-state index contributed by atoms with van der Waals surface area (Å²) < 4.78 is 79.3. The zero-order chi connectivity index (χ0) is 24.0. The number of hydrogen-bond acceptors (Lipinski definition) is 4. The van der Waals surface area contributed by atoms with Crippen LogP contribution in [0.5, 0.6) is 0 Å². The van der Waals surface area contributed by atoms with E-state index < -0.39 is 41.4 Å². The van der Waals surface area contributed by atoms with Crippen molar-refractivity contribution in [1.82, 2.24) is 14.9 Å². The number of halogens is 6. The van der Waals surface area contributed by atoms with Crippen molar-refractivity contribution in [2.75, 3.05) is 0 Å². The summed E-state index contributed by atoms with van der Waals surface area (Å²) in [4.78, 5) is 19.9. The lowest BCUT2D eigenvalue weighted by atomic mass is 9.79. The Morgan fingerprint density at radius 2 is 1.70 bits per heavy atom. The molecule has 2 aromatic heterocycles. The van der Waals surface area contributed by atoms with E-state index in [4.69, 9.17) is 0 Å². The second-order valence-corrected chi connectivity index (χ2v) is 7.47. The molecule has 1 aliphatic heterocycles. The second kappa shape index (κ2) is 8.05. The highest BCUT2D eigenvalue weighted by atomic mass is 19.4. The average Bonchev–Trinajstić information content (AvgIpc) is 3.12. The number of rotatable bonds is 4. The van der Waals surface area contributed by atoms with Gasteiger partial charge in [-0.15, -0.1) is 0 Å². The summed E-state index contributed by atoms with van der Waals surface area (Å²) in [6.07, 6.45) is -2.66. The Morgan fingerprint density at radius 3 is 2.27 bits per heavy atom. The minimum atomic E-state index is -4.64. The molecule has 0 aliphatic carbocycles. The molecule has 33 heavy (non-hydrogen) atoms. The van der Waals surface area contributed by atoms with Crippen LogP contribution in [0.2, 0.25) is 0 Å². The molecule has 3 aromatic rings. The number of aliphatic imine (C=N–C) groups is 1. The first-order chi connectivity index (χ1) is 15.5. The van der Waals surface area contributed by atoms with Gasteiger partial charge in [0.25, 0.3) is 5.56 Å². The number of aromatic nitrogens is 2. The van der Waals surface area contributed by atoms with Gasteiger partial charge >= 0.3 is 12.7 Å². The molecular weight excluding hydrogens is 450 g/mol. The molecule has 0 radical (unpaired) electrons. The molecule has 0 amide bonds. The summed E-state index contributed by atoms with van der Waals surface area (Å²) in [5.41, 5.74) is -2.44. The first kappa shape index (κ1) is 22.6. The van der Waals surface area contributed by atoms with Crippen LogP contribution in [0.3, 0.4) is 0 Å². The first-order valence-electron chi connectivity index (χ1n) is 9.69. The van der Waals surface area contributed by atoms with Crippen molar-refractivity contribution in [2.45, 2.75) is 31.2 Å². The summed E-state index contributed by atoms with van der Waals surface area (Å²) in [7, 11) is 0. The summed E-state index contributed by atoms with van der Waals surface area (Å²) in [6, 6.07) is 8.98. The maximum atomic E-state index is 13.6. The highest BCUT2D eigenvalue weighted by Gasteiger charge is 2.46. The fraction of sp³-hybridized carbons (Fsp3) is 0.227. The number of hydrogen-bond donors (Lipinski definition) is 1. The van der Waals surface area contributed by atoms with E-state index in [1.165, 1.54) is 36.4 Å². The van der Waals surface area contributed by atoms with E-state index in [0.717, 1.165) is 24.5 Å². The van der Waals surface area contributed by atoms with Gasteiger partial charge < -0.3 is 5.32 Å². The molecule has 0 spiro atoms. The van der Waals surface area contributed by atoms with Gasteiger partial charge in [-0.1, -0.05) is 18.2 Å². The lowest BCUT2D eigenvalue weighted by Crippen LogP contribution is -2.41. The summed E-state index contributed by atoms with van der Waals surface area (Å²) >= 11 is 0. The van der Waals surface area contributed by atoms with E-state index in [1.807, 2.05) is 0 Å². The predicted octanol–water partition coefficient (Wildman–Crippen LogP) is 4.48. The number of pyridine rings is 2. The maximum absolute atomic E-state index is 13.6. The second-order valence-electron chi connectivity index (χ2n) is 7.47. The third-order valence-corrected chi connectivity index (χ3v) is 5.47. The predicted molar refractivity (Wildman–Crippen MR) is 108 cm³/mol. The van der Waals surface area contributed by atoms with Crippen molar-refractivity contribution in [3.05, 3.63) is 99.5 Å². The summed E-state index contributed by atoms with van der Waals surface area (Å²) in [6.45, 7) is -1.38. The minimum Gasteiger partial charge on any atom is -0.364 e. The lowest BCUT2D eigenvalue weighted by Gasteiger charge is -2.31. The Hall–Kier alpha value is -3.63. The summed E-state index contributed by atoms with van der Waals surface area (Å²) in [5, 5.41) is 3.05. The van der Waals surface area contributed by atoms with E-state index in [2.05, 4.69) is 15.3 Å². The van der Waals surface area contributed by atoms with Gasteiger partial charge in [0.2, 0.25) is 0 Å². The Balaban J connectivity index is 1.90. The highest BCUT2D eigenvalue weighted by molar-refractivity contribution is 6.00. The van der Waals surface area contributed by atoms with Gasteiger partial charge in [-0.25, -0.2) is 9.38 Å². The standard InChI is InChI=1S/C22H16F6N4O/c1-12-21(14-3-6-16(23)7-4-14,15-5-8-17(29-10-15)22(26,27)28)31-19(30-12)13-2-9-18(33)32(11-13)20(24)25/h2-12,20H,1H3,(H,30,31)/t12-,21?/m0/s1. The first-order valence-corrected chi connectivity index (χ1v) is 9.69. The molecule has 4 rings (SSSR count). The molecule has 11 heteroatoms. The number of nitrogens with zero attached hydrogens (tertiary/aromatic N) is 3. The summed E-state index contributed by atoms with van der Waals surface area (Å²) in [5.74, 6) is -0.382. The molecule has 0 saturated carbocycles. The van der Waals surface area contributed by atoms with Gasteiger partial charge in [0.15, 0.2) is 0 Å². The Labute approximate surface area is 183 Å². The monoisotopic (exact) mass is 466 g/mol. The largest absolute Gasteiger partial charge is 0.433 e. The van der Waals surface area contributed by atoms with Gasteiger partial charge in [0.1, 0.15) is 22.9 Å². The SMILES string of the molecule is C[C@@H]1NC(c2ccc(=O)n(C(F)F)c2)=NC1(c1ccc(F)cc1)c1ccc(C(F)(F)F)nc1. The molecule has 0 saturated heterocycles. The zero-order valence-corrected chi connectivity index (χ0v) is 16.9. The van der Waals surface area contributed by atoms with Crippen LogP contribution in [0.4, 0.5) is 26.3 Å². The number of alkyl halides is 5. The van der Waals surface area contributed by atoms with Crippen LogP contribution in [0.15, 0.2) is 70.7 Å². The van der Waals surface area contributed by atoms with Crippen LogP contribution >= 0.6 is 0 Å². The quantitative estimate of drug-likeness (QED) is 0.577. The van der Waals surface area contributed by atoms with E-state index in [1.54, 1.807) is 6.92 Å². The molecule has 2 atom stereocenters. The van der Waals surface area contributed by atoms with E-state index in [0.29, 0.717) is 5.56 Å². The number of benzene rings is 1. The van der Waals surface area contributed by atoms with Crippen molar-refractivity contribution in [1.29, 1.82) is 0 Å². The molecule has 0 fully saturated rings. The Kier molecular flexibility index (Phi) is 5.51. The minimum absolute atomic E-state index is 0.140. The van der Waals surface area contributed by atoms with Gasteiger partial charge in [0.05, 0.1) is 6.04 Å². The van der Waals surface area contributed by atoms with Gasteiger partial charge in [-0.2, -0.15) is 22.0 Å². The molecule has 0 bridgehead atoms. The fourth-order valence-electron chi connectivity index (χ4n) is 3.85. The van der Waals surface area contributed by atoms with Crippen LogP contribution < -0.4 is 10.9 Å². The van der Waals surface area contributed by atoms with E-state index >= 15 is 0 Å². The molecule has 3 heterocycles. The van der Waals surface area contributed by atoms with Crippen LogP contribution in [-0.2, 0) is 11.7 Å². The van der Waals surface area contributed by atoms with Gasteiger partial charge in [0, 0.05) is 29.6 Å². The van der Waals surface area contributed by atoms with Crippen molar-refractivity contribution >= 4 is 5.84 Å². The topological polar surface area (TPSA) is 59.3 Å². The normalized spacial score (nSPS) is 20.6. The fourth-order valence-corrected chi connectivity index (χ4v) is 3.85. The van der Waals surface area contributed by atoms with Crippen LogP contribution in [0.25, 0.3) is 0 Å². The number of nitrogens with one attached hydrogen (secondary N) is 1.